The van der Waals surface area contributed by atoms with Gasteiger partial charge in [0, 0.05) is 37.9 Å². The predicted molar refractivity (Wildman–Crippen MR) is 111 cm³/mol. The highest BCUT2D eigenvalue weighted by atomic mass is 35.5. The Kier molecular flexibility index (Phi) is 5.28. The van der Waals surface area contributed by atoms with Crippen molar-refractivity contribution < 1.29 is 8.42 Å². The summed E-state index contributed by atoms with van der Waals surface area (Å²) in [6.45, 7) is 5.71. The zero-order chi connectivity index (χ0) is 20.6. The molecule has 0 aliphatic carbocycles. The molecule has 0 amide bonds. The molecule has 0 saturated carbocycles. The Morgan fingerprint density at radius 3 is 2.31 bits per heavy atom. The number of rotatable bonds is 4. The molecule has 0 N–H and O–H groups in total. The highest BCUT2D eigenvalue weighted by Gasteiger charge is 2.30. The quantitative estimate of drug-likeness (QED) is 0.629. The molecule has 0 atom stereocenters. The molecule has 3 aromatic rings. The van der Waals surface area contributed by atoms with Gasteiger partial charge in [-0.2, -0.15) is 4.31 Å². The van der Waals surface area contributed by atoms with Gasteiger partial charge in [-0.3, -0.25) is 4.57 Å². The van der Waals surface area contributed by atoms with Crippen LogP contribution in [-0.2, 0) is 10.0 Å². The summed E-state index contributed by atoms with van der Waals surface area (Å²) in [5, 5.41) is 0.237. The minimum atomic E-state index is -3.62. The smallest absolute Gasteiger partial charge is 0.244 e. The average Bonchev–Trinajstić information content (AvgIpc) is 3.07. The first-order valence-electron chi connectivity index (χ1n) is 9.20. The third kappa shape index (κ3) is 3.73. The van der Waals surface area contributed by atoms with Crippen LogP contribution in [0, 0.1) is 13.8 Å². The van der Waals surface area contributed by atoms with E-state index in [1.807, 2.05) is 24.5 Å². The molecule has 152 valence electrons. The van der Waals surface area contributed by atoms with Crippen LogP contribution in [0.4, 0.5) is 5.82 Å². The molecule has 2 aromatic heterocycles. The Morgan fingerprint density at radius 1 is 0.966 bits per heavy atom. The number of aromatic nitrogens is 4. The Labute approximate surface area is 174 Å². The first kappa shape index (κ1) is 19.8. The molecule has 0 spiro atoms. The van der Waals surface area contributed by atoms with Gasteiger partial charge in [0.1, 0.15) is 29.2 Å². The van der Waals surface area contributed by atoms with Gasteiger partial charge in [0.05, 0.1) is 10.7 Å². The van der Waals surface area contributed by atoms with Crippen molar-refractivity contribution in [2.75, 3.05) is 31.1 Å². The van der Waals surface area contributed by atoms with Crippen LogP contribution in [-0.4, -0.2) is 58.4 Å². The summed E-state index contributed by atoms with van der Waals surface area (Å²) >= 11 is 6.10. The highest BCUT2D eigenvalue weighted by molar-refractivity contribution is 7.89. The molecule has 1 fully saturated rings. The minimum absolute atomic E-state index is 0.144. The van der Waals surface area contributed by atoms with Gasteiger partial charge < -0.3 is 4.90 Å². The standard InChI is InChI=1S/C19H21ClN6O2S/c1-14-15(2)26(13-23-14)19-11-18(21-12-22-19)24-7-9-25(10-8-24)29(27,28)17-6-4-3-5-16(17)20/h3-6,11-13H,7-10H2,1-2H3. The molecular formula is C19H21ClN6O2S. The molecule has 29 heavy (non-hydrogen) atoms. The van der Waals surface area contributed by atoms with Crippen molar-refractivity contribution in [3.8, 4) is 5.82 Å². The van der Waals surface area contributed by atoms with E-state index < -0.39 is 10.0 Å². The average molecular weight is 433 g/mol. The molecular weight excluding hydrogens is 412 g/mol. The number of halogens is 1. The van der Waals surface area contributed by atoms with Crippen LogP contribution in [0.15, 0.2) is 47.9 Å². The molecule has 8 nitrogen and oxygen atoms in total. The Morgan fingerprint density at radius 2 is 1.66 bits per heavy atom. The molecule has 1 aliphatic rings. The van der Waals surface area contributed by atoms with Gasteiger partial charge in [-0.05, 0) is 26.0 Å². The van der Waals surface area contributed by atoms with Crippen molar-refractivity contribution in [1.82, 2.24) is 23.8 Å². The number of piperazine rings is 1. The lowest BCUT2D eigenvalue weighted by Gasteiger charge is -2.34. The number of benzene rings is 1. The van der Waals surface area contributed by atoms with Crippen LogP contribution in [0.25, 0.3) is 5.82 Å². The van der Waals surface area contributed by atoms with Crippen molar-refractivity contribution in [2.24, 2.45) is 0 Å². The van der Waals surface area contributed by atoms with Crippen molar-refractivity contribution in [3.63, 3.8) is 0 Å². The second-order valence-electron chi connectivity index (χ2n) is 6.84. The second-order valence-corrected chi connectivity index (χ2v) is 9.15. The summed E-state index contributed by atoms with van der Waals surface area (Å²) in [4.78, 5) is 15.2. The maximum Gasteiger partial charge on any atom is 0.244 e. The highest BCUT2D eigenvalue weighted by Crippen LogP contribution is 2.26. The van der Waals surface area contributed by atoms with Crippen LogP contribution in [0.2, 0.25) is 5.02 Å². The lowest BCUT2D eigenvalue weighted by molar-refractivity contribution is 0.384. The largest absolute Gasteiger partial charge is 0.354 e. The van der Waals surface area contributed by atoms with E-state index in [1.54, 1.807) is 24.5 Å². The van der Waals surface area contributed by atoms with E-state index in [0.717, 1.165) is 23.0 Å². The van der Waals surface area contributed by atoms with Gasteiger partial charge in [-0.1, -0.05) is 23.7 Å². The summed E-state index contributed by atoms with van der Waals surface area (Å²) in [6.07, 6.45) is 3.26. The van der Waals surface area contributed by atoms with E-state index in [-0.39, 0.29) is 9.92 Å². The molecule has 10 heteroatoms. The predicted octanol–water partition coefficient (Wildman–Crippen LogP) is 2.44. The molecule has 0 unspecified atom stereocenters. The summed E-state index contributed by atoms with van der Waals surface area (Å²) in [5.41, 5.74) is 1.97. The van der Waals surface area contributed by atoms with E-state index in [1.165, 1.54) is 16.7 Å². The summed E-state index contributed by atoms with van der Waals surface area (Å²) < 4.78 is 29.2. The van der Waals surface area contributed by atoms with E-state index in [2.05, 4.69) is 19.9 Å². The second kappa shape index (κ2) is 7.74. The zero-order valence-electron chi connectivity index (χ0n) is 16.2. The van der Waals surface area contributed by atoms with Crippen LogP contribution in [0.3, 0.4) is 0 Å². The van der Waals surface area contributed by atoms with Crippen LogP contribution >= 0.6 is 11.6 Å². The molecule has 1 aliphatic heterocycles. The van der Waals surface area contributed by atoms with E-state index in [4.69, 9.17) is 11.6 Å². The van der Waals surface area contributed by atoms with E-state index >= 15 is 0 Å². The van der Waals surface area contributed by atoms with Gasteiger partial charge >= 0.3 is 0 Å². The van der Waals surface area contributed by atoms with Gasteiger partial charge in [-0.15, -0.1) is 0 Å². The van der Waals surface area contributed by atoms with Crippen molar-refractivity contribution in [3.05, 3.63) is 59.4 Å². The Hall–Kier alpha value is -2.49. The molecule has 1 aromatic carbocycles. The fourth-order valence-corrected chi connectivity index (χ4v) is 5.24. The molecule has 1 saturated heterocycles. The Bertz CT molecular complexity index is 1140. The maximum absolute atomic E-state index is 12.9. The lowest BCUT2D eigenvalue weighted by atomic mass is 10.3. The van der Waals surface area contributed by atoms with E-state index in [0.29, 0.717) is 26.2 Å². The number of anilines is 1. The minimum Gasteiger partial charge on any atom is -0.354 e. The van der Waals surface area contributed by atoms with Gasteiger partial charge in [0.15, 0.2) is 0 Å². The topological polar surface area (TPSA) is 84.2 Å². The fourth-order valence-electron chi connectivity index (χ4n) is 3.32. The number of hydrogen-bond acceptors (Lipinski definition) is 6. The van der Waals surface area contributed by atoms with Gasteiger partial charge in [0.2, 0.25) is 10.0 Å². The summed E-state index contributed by atoms with van der Waals surface area (Å²) in [7, 11) is -3.62. The molecule has 3 heterocycles. The van der Waals surface area contributed by atoms with Gasteiger partial charge in [0.25, 0.3) is 0 Å². The number of nitrogens with zero attached hydrogens (tertiary/aromatic N) is 6. The van der Waals surface area contributed by atoms with Crippen LogP contribution in [0.1, 0.15) is 11.4 Å². The van der Waals surface area contributed by atoms with Crippen LogP contribution < -0.4 is 4.90 Å². The summed E-state index contributed by atoms with van der Waals surface area (Å²) in [6, 6.07) is 8.42. The fraction of sp³-hybridized carbons (Fsp3) is 0.316. The number of aryl methyl sites for hydroxylation is 1. The summed E-state index contributed by atoms with van der Waals surface area (Å²) in [5.74, 6) is 1.50. The van der Waals surface area contributed by atoms with Gasteiger partial charge in [-0.25, -0.2) is 23.4 Å². The molecule has 0 radical (unpaired) electrons. The maximum atomic E-state index is 12.9. The number of imidazole rings is 1. The Balaban J connectivity index is 1.51. The monoisotopic (exact) mass is 432 g/mol. The van der Waals surface area contributed by atoms with E-state index in [9.17, 15) is 8.42 Å². The first-order valence-corrected chi connectivity index (χ1v) is 11.0. The molecule has 4 rings (SSSR count). The number of hydrogen-bond donors (Lipinski definition) is 0. The van der Waals surface area contributed by atoms with Crippen molar-refractivity contribution in [2.45, 2.75) is 18.7 Å². The third-order valence-corrected chi connectivity index (χ3v) is 7.55. The number of sulfonamides is 1. The normalized spacial score (nSPS) is 15.6. The van der Waals surface area contributed by atoms with Crippen LogP contribution in [0.5, 0.6) is 0 Å². The third-order valence-electron chi connectivity index (χ3n) is 5.15. The lowest BCUT2D eigenvalue weighted by Crippen LogP contribution is -2.49. The first-order chi connectivity index (χ1) is 13.9. The zero-order valence-corrected chi connectivity index (χ0v) is 17.7. The molecule has 0 bridgehead atoms. The van der Waals surface area contributed by atoms with Crippen molar-refractivity contribution in [1.29, 1.82) is 0 Å². The van der Waals surface area contributed by atoms with Crippen molar-refractivity contribution >= 4 is 27.4 Å². The SMILES string of the molecule is Cc1ncn(-c2cc(N3CCN(S(=O)(=O)c4ccccc4Cl)CC3)ncn2)c1C.